The molecule has 0 aliphatic heterocycles. The van der Waals surface area contributed by atoms with Crippen molar-refractivity contribution in [1.29, 1.82) is 0 Å². The smallest absolute Gasteiger partial charge is 0.0720 e. The zero-order valence-electron chi connectivity index (χ0n) is 5.83. The number of hydrogen-bond donors (Lipinski definition) is 0. The second-order valence-electron chi connectivity index (χ2n) is 3.58. The van der Waals surface area contributed by atoms with Crippen molar-refractivity contribution in [2.45, 2.75) is 6.42 Å². The molecule has 0 amide bonds. The summed E-state index contributed by atoms with van der Waals surface area (Å²) in [5.41, 5.74) is 0.578. The van der Waals surface area contributed by atoms with Crippen molar-refractivity contribution in [3.63, 3.8) is 0 Å². The molecule has 3 aliphatic rings. The van der Waals surface area contributed by atoms with E-state index in [0.29, 0.717) is 5.41 Å². The zero-order chi connectivity index (χ0) is 6.60. The van der Waals surface area contributed by atoms with Gasteiger partial charge in [0.15, 0.2) is 0 Å². The van der Waals surface area contributed by atoms with E-state index in [2.05, 4.69) is 37.1 Å². The van der Waals surface area contributed by atoms with Crippen LogP contribution in [-0.2, 0) is 0 Å². The van der Waals surface area contributed by atoms with Gasteiger partial charge < -0.3 is 0 Å². The Hall–Kier alpha value is -0.780. The fourth-order valence-corrected chi connectivity index (χ4v) is 2.35. The van der Waals surface area contributed by atoms with Crippen LogP contribution in [0.3, 0.4) is 0 Å². The second-order valence-corrected chi connectivity index (χ2v) is 3.58. The van der Waals surface area contributed by atoms with E-state index in [4.69, 9.17) is 0 Å². The van der Waals surface area contributed by atoms with Crippen LogP contribution in [0.25, 0.3) is 0 Å². The molecular weight excluding hydrogens is 120 g/mol. The highest BCUT2D eigenvalue weighted by Crippen LogP contribution is 2.65. The van der Waals surface area contributed by atoms with Gasteiger partial charge in [0, 0.05) is 0 Å². The summed E-state index contributed by atoms with van der Waals surface area (Å²) in [4.78, 5) is 0. The van der Waals surface area contributed by atoms with Crippen LogP contribution in [0.2, 0.25) is 0 Å². The molecular formula is C10H10-2. The molecule has 1 saturated carbocycles. The summed E-state index contributed by atoms with van der Waals surface area (Å²) < 4.78 is 0. The van der Waals surface area contributed by atoms with Crippen LogP contribution >= 0.6 is 0 Å². The van der Waals surface area contributed by atoms with Gasteiger partial charge in [0.25, 0.3) is 0 Å². The van der Waals surface area contributed by atoms with Gasteiger partial charge in [-0.05, 0) is 0 Å². The van der Waals surface area contributed by atoms with Crippen molar-refractivity contribution >= 4 is 0 Å². The van der Waals surface area contributed by atoms with Crippen LogP contribution in [0.4, 0.5) is 0 Å². The molecule has 10 heavy (non-hydrogen) atoms. The first kappa shape index (κ1) is 4.95. The SMILES string of the molecule is C1=CC2CC23[CH-]C=CC3[CH-]1. The second kappa shape index (κ2) is 1.29. The lowest BCUT2D eigenvalue weighted by Gasteiger charge is -2.33. The maximum atomic E-state index is 2.39. The molecule has 0 heteroatoms. The van der Waals surface area contributed by atoms with Crippen LogP contribution in [0.15, 0.2) is 24.3 Å². The minimum absolute atomic E-state index is 0.578. The maximum absolute atomic E-state index is 2.39. The van der Waals surface area contributed by atoms with Gasteiger partial charge in [-0.25, -0.2) is 37.1 Å². The highest BCUT2D eigenvalue weighted by atomic mass is 14.6. The van der Waals surface area contributed by atoms with E-state index < -0.39 is 0 Å². The Kier molecular flexibility index (Phi) is 0.639. The molecule has 1 fully saturated rings. The quantitative estimate of drug-likeness (QED) is 0.441. The first-order valence-corrected chi connectivity index (χ1v) is 3.96. The number of rotatable bonds is 0. The van der Waals surface area contributed by atoms with Gasteiger partial charge in [0.2, 0.25) is 0 Å². The Morgan fingerprint density at radius 2 is 2.30 bits per heavy atom. The Bertz CT molecular complexity index is 224. The summed E-state index contributed by atoms with van der Waals surface area (Å²) in [6.45, 7) is 0. The number of hydrogen-bond acceptors (Lipinski definition) is 0. The van der Waals surface area contributed by atoms with Gasteiger partial charge in [-0.2, -0.15) is 0 Å². The van der Waals surface area contributed by atoms with Gasteiger partial charge >= 0.3 is 0 Å². The lowest BCUT2D eigenvalue weighted by Crippen LogP contribution is -2.14. The maximum Gasteiger partial charge on any atom is -0.0720 e. The first-order valence-electron chi connectivity index (χ1n) is 3.96. The Morgan fingerprint density at radius 3 is 3.20 bits per heavy atom. The molecule has 3 rings (SSSR count). The molecule has 0 aromatic heterocycles. The van der Waals surface area contributed by atoms with Gasteiger partial charge in [0.05, 0.1) is 0 Å². The average Bonchev–Trinajstić information content (AvgIpc) is 2.51. The predicted molar refractivity (Wildman–Crippen MR) is 40.9 cm³/mol. The van der Waals surface area contributed by atoms with E-state index in [-0.39, 0.29) is 0 Å². The first-order chi connectivity index (χ1) is 4.92. The van der Waals surface area contributed by atoms with E-state index in [9.17, 15) is 0 Å². The van der Waals surface area contributed by atoms with E-state index >= 15 is 0 Å². The van der Waals surface area contributed by atoms with Crippen LogP contribution < -0.4 is 0 Å². The van der Waals surface area contributed by atoms with Crippen LogP contribution in [0.5, 0.6) is 0 Å². The monoisotopic (exact) mass is 130 g/mol. The molecule has 3 atom stereocenters. The third-order valence-corrected chi connectivity index (χ3v) is 3.11. The van der Waals surface area contributed by atoms with Gasteiger partial charge in [-0.15, -0.1) is 11.3 Å². The van der Waals surface area contributed by atoms with Crippen LogP contribution in [0, 0.1) is 30.1 Å². The van der Waals surface area contributed by atoms with Crippen molar-refractivity contribution in [3.05, 3.63) is 37.1 Å². The highest BCUT2D eigenvalue weighted by Gasteiger charge is 2.47. The molecule has 3 unspecified atom stereocenters. The molecule has 0 aromatic carbocycles. The standard InChI is InChI=1S/C10H10/c1-3-8-5-2-6-10(8)7-9(10)4-1/h1-6,8-9H,7H2/q-2. The Labute approximate surface area is 61.6 Å². The summed E-state index contributed by atoms with van der Waals surface area (Å²) in [5.74, 6) is 1.61. The topological polar surface area (TPSA) is 0 Å². The molecule has 0 aromatic rings. The molecule has 0 N–H and O–H groups in total. The minimum atomic E-state index is 0.578. The van der Waals surface area contributed by atoms with Crippen molar-refractivity contribution in [3.8, 4) is 0 Å². The molecule has 0 nitrogen and oxygen atoms in total. The molecule has 0 heterocycles. The van der Waals surface area contributed by atoms with E-state index in [1.165, 1.54) is 6.42 Å². The molecule has 1 spiro atoms. The summed E-state index contributed by atoms with van der Waals surface area (Å²) in [5, 5.41) is 0. The summed E-state index contributed by atoms with van der Waals surface area (Å²) in [7, 11) is 0. The third-order valence-electron chi connectivity index (χ3n) is 3.11. The minimum Gasteiger partial charge on any atom is -0.241 e. The lowest BCUT2D eigenvalue weighted by atomic mass is 9.84. The summed E-state index contributed by atoms with van der Waals surface area (Å²) in [6.07, 6.45) is 15.2. The van der Waals surface area contributed by atoms with Crippen LogP contribution in [0.1, 0.15) is 6.42 Å². The molecule has 0 saturated heterocycles. The van der Waals surface area contributed by atoms with Crippen molar-refractivity contribution in [2.24, 2.45) is 17.3 Å². The molecule has 52 valence electrons. The summed E-state index contributed by atoms with van der Waals surface area (Å²) >= 11 is 0. The third kappa shape index (κ3) is 0.377. The Morgan fingerprint density at radius 1 is 1.30 bits per heavy atom. The summed E-state index contributed by atoms with van der Waals surface area (Å²) in [6, 6.07) is 0. The van der Waals surface area contributed by atoms with E-state index in [1.807, 2.05) is 0 Å². The predicted octanol–water partition coefficient (Wildman–Crippen LogP) is 2.16. The normalized spacial score (nSPS) is 52.8. The van der Waals surface area contributed by atoms with E-state index in [1.54, 1.807) is 0 Å². The van der Waals surface area contributed by atoms with Gasteiger partial charge in [0.1, 0.15) is 0 Å². The van der Waals surface area contributed by atoms with E-state index in [0.717, 1.165) is 11.8 Å². The van der Waals surface area contributed by atoms with Crippen molar-refractivity contribution in [2.75, 3.05) is 0 Å². The highest BCUT2D eigenvalue weighted by molar-refractivity contribution is 5.39. The van der Waals surface area contributed by atoms with Crippen molar-refractivity contribution in [1.82, 2.24) is 0 Å². The van der Waals surface area contributed by atoms with Crippen LogP contribution in [-0.4, -0.2) is 0 Å². The average molecular weight is 130 g/mol. The lowest BCUT2D eigenvalue weighted by molar-refractivity contribution is 0.482. The fraction of sp³-hybridized carbons (Fsp3) is 0.400. The fourth-order valence-electron chi connectivity index (χ4n) is 2.35. The van der Waals surface area contributed by atoms with Gasteiger partial charge in [-0.3, -0.25) is 0 Å². The number of allylic oxidation sites excluding steroid dienone is 4. The molecule has 3 aliphatic carbocycles. The Balaban J connectivity index is 2.04. The largest absolute Gasteiger partial charge is 0.241 e. The zero-order valence-corrected chi connectivity index (χ0v) is 5.83. The molecule has 0 bridgehead atoms. The van der Waals surface area contributed by atoms with Gasteiger partial charge in [-0.1, -0.05) is 12.3 Å². The van der Waals surface area contributed by atoms with Crippen molar-refractivity contribution < 1.29 is 0 Å². The molecule has 0 radical (unpaired) electrons.